The van der Waals surface area contributed by atoms with E-state index < -0.39 is 0 Å². The zero-order valence-electron chi connectivity index (χ0n) is 14.5. The van der Waals surface area contributed by atoms with Crippen molar-refractivity contribution in [2.75, 3.05) is 33.8 Å². The maximum Gasteiger partial charge on any atom is 0.205 e. The molecular formula is C18H19N3O4. The molecule has 25 heavy (non-hydrogen) atoms. The second-order valence-corrected chi connectivity index (χ2v) is 5.09. The minimum absolute atomic E-state index is 0.486. The minimum atomic E-state index is 0.486. The van der Waals surface area contributed by atoms with E-state index in [4.69, 9.17) is 18.9 Å². The van der Waals surface area contributed by atoms with Crippen molar-refractivity contribution in [1.82, 2.24) is 9.97 Å². The topological polar surface area (TPSA) is 74.7 Å². The molecule has 0 radical (unpaired) electrons. The Labute approximate surface area is 145 Å². The van der Waals surface area contributed by atoms with Crippen LogP contribution in [0.15, 0.2) is 36.7 Å². The highest BCUT2D eigenvalue weighted by Gasteiger charge is 2.19. The van der Waals surface area contributed by atoms with Gasteiger partial charge in [0.1, 0.15) is 23.4 Å². The summed E-state index contributed by atoms with van der Waals surface area (Å²) in [5, 5.41) is 4.02. The van der Waals surface area contributed by atoms with Crippen LogP contribution in [0.3, 0.4) is 0 Å². The zero-order chi connectivity index (χ0) is 17.8. The van der Waals surface area contributed by atoms with Crippen molar-refractivity contribution in [3.63, 3.8) is 0 Å². The molecule has 0 unspecified atom stereocenters. The molecule has 3 aromatic rings. The summed E-state index contributed by atoms with van der Waals surface area (Å²) in [6.45, 7) is 0. The molecule has 130 valence electrons. The first-order valence-electron chi connectivity index (χ1n) is 7.57. The number of ether oxygens (including phenoxy) is 4. The molecule has 0 aliphatic heterocycles. The first kappa shape index (κ1) is 16.6. The highest BCUT2D eigenvalue weighted by molar-refractivity contribution is 5.98. The lowest BCUT2D eigenvalue weighted by molar-refractivity contribution is 0.327. The Morgan fingerprint density at radius 1 is 0.800 bits per heavy atom. The molecular weight excluding hydrogens is 322 g/mol. The van der Waals surface area contributed by atoms with Gasteiger partial charge in [0.2, 0.25) is 5.75 Å². The van der Waals surface area contributed by atoms with E-state index in [0.29, 0.717) is 34.3 Å². The molecule has 2 aromatic carbocycles. The summed E-state index contributed by atoms with van der Waals surface area (Å²) >= 11 is 0. The highest BCUT2D eigenvalue weighted by atomic mass is 16.5. The number of benzene rings is 2. The smallest absolute Gasteiger partial charge is 0.205 e. The van der Waals surface area contributed by atoms with Gasteiger partial charge in [-0.2, -0.15) is 0 Å². The van der Waals surface area contributed by atoms with Gasteiger partial charge in [0.05, 0.1) is 39.5 Å². The van der Waals surface area contributed by atoms with E-state index in [2.05, 4.69) is 15.3 Å². The first-order valence-corrected chi connectivity index (χ1v) is 7.57. The maximum absolute atomic E-state index is 5.49. The van der Waals surface area contributed by atoms with E-state index in [1.807, 2.05) is 30.3 Å². The maximum atomic E-state index is 5.49. The summed E-state index contributed by atoms with van der Waals surface area (Å²) in [6, 6.07) is 9.41. The predicted octanol–water partition coefficient (Wildman–Crippen LogP) is 3.41. The summed E-state index contributed by atoms with van der Waals surface area (Å²) < 4.78 is 21.7. The molecule has 1 aromatic heterocycles. The van der Waals surface area contributed by atoms with Crippen molar-refractivity contribution >= 4 is 22.4 Å². The molecule has 7 nitrogen and oxygen atoms in total. The highest BCUT2D eigenvalue weighted by Crippen LogP contribution is 2.44. The van der Waals surface area contributed by atoms with Gasteiger partial charge in [-0.05, 0) is 18.2 Å². The molecule has 0 spiro atoms. The number of aromatic nitrogens is 2. The lowest BCUT2D eigenvalue weighted by Gasteiger charge is -2.16. The van der Waals surface area contributed by atoms with Crippen molar-refractivity contribution in [1.29, 1.82) is 0 Å². The number of nitrogens with one attached hydrogen (secondary N) is 1. The van der Waals surface area contributed by atoms with Gasteiger partial charge in [0.15, 0.2) is 11.5 Å². The van der Waals surface area contributed by atoms with Crippen LogP contribution in [0.4, 0.5) is 11.5 Å². The fourth-order valence-corrected chi connectivity index (χ4v) is 2.64. The number of para-hydroxylation sites is 2. The quantitative estimate of drug-likeness (QED) is 0.736. The van der Waals surface area contributed by atoms with Crippen LogP contribution in [0.2, 0.25) is 0 Å². The number of anilines is 2. The Balaban J connectivity index is 2.20. The van der Waals surface area contributed by atoms with Crippen LogP contribution < -0.4 is 24.3 Å². The average molecular weight is 341 g/mol. The van der Waals surface area contributed by atoms with Gasteiger partial charge in [-0.25, -0.2) is 9.97 Å². The Kier molecular flexibility index (Phi) is 4.74. The Hall–Kier alpha value is -3.22. The first-order chi connectivity index (χ1) is 12.2. The van der Waals surface area contributed by atoms with Crippen molar-refractivity contribution in [3.8, 4) is 23.0 Å². The van der Waals surface area contributed by atoms with Crippen LogP contribution in [0.1, 0.15) is 0 Å². The Morgan fingerprint density at radius 3 is 2.20 bits per heavy atom. The molecule has 0 saturated heterocycles. The van der Waals surface area contributed by atoms with Gasteiger partial charge >= 0.3 is 0 Å². The normalized spacial score (nSPS) is 10.4. The summed E-state index contributed by atoms with van der Waals surface area (Å²) in [6.07, 6.45) is 1.47. The van der Waals surface area contributed by atoms with Gasteiger partial charge in [-0.3, -0.25) is 0 Å². The Morgan fingerprint density at radius 2 is 1.52 bits per heavy atom. The van der Waals surface area contributed by atoms with E-state index in [0.717, 1.165) is 11.1 Å². The second kappa shape index (κ2) is 7.12. The number of hydrogen-bond acceptors (Lipinski definition) is 7. The molecule has 0 atom stereocenters. The number of fused-ring (bicyclic) bond motifs is 1. The molecule has 0 aliphatic rings. The molecule has 0 fully saturated rings. The zero-order valence-corrected chi connectivity index (χ0v) is 14.5. The van der Waals surface area contributed by atoms with Crippen LogP contribution in [0, 0.1) is 0 Å². The van der Waals surface area contributed by atoms with E-state index in [1.54, 1.807) is 28.4 Å². The third-order valence-corrected chi connectivity index (χ3v) is 3.79. The van der Waals surface area contributed by atoms with Crippen LogP contribution in [0.25, 0.3) is 10.9 Å². The van der Waals surface area contributed by atoms with Crippen LogP contribution in [-0.4, -0.2) is 38.4 Å². The molecule has 1 N–H and O–H groups in total. The summed E-state index contributed by atoms with van der Waals surface area (Å²) in [7, 11) is 6.31. The van der Waals surface area contributed by atoms with E-state index in [1.165, 1.54) is 6.33 Å². The number of nitrogens with zero attached hydrogens (tertiary/aromatic N) is 2. The second-order valence-electron chi connectivity index (χ2n) is 5.09. The van der Waals surface area contributed by atoms with Crippen molar-refractivity contribution in [2.24, 2.45) is 0 Å². The van der Waals surface area contributed by atoms with E-state index in [9.17, 15) is 0 Å². The van der Waals surface area contributed by atoms with Gasteiger partial charge in [0.25, 0.3) is 0 Å². The van der Waals surface area contributed by atoms with Gasteiger partial charge < -0.3 is 24.3 Å². The van der Waals surface area contributed by atoms with Crippen molar-refractivity contribution < 1.29 is 18.9 Å². The largest absolute Gasteiger partial charge is 0.495 e. The molecule has 7 heteroatoms. The average Bonchev–Trinajstić information content (AvgIpc) is 2.67. The van der Waals surface area contributed by atoms with Crippen LogP contribution >= 0.6 is 0 Å². The Bertz CT molecular complexity index is 899. The van der Waals surface area contributed by atoms with Gasteiger partial charge in [-0.1, -0.05) is 12.1 Å². The third-order valence-electron chi connectivity index (χ3n) is 3.79. The van der Waals surface area contributed by atoms with Gasteiger partial charge in [-0.15, -0.1) is 0 Å². The number of methoxy groups -OCH3 is 4. The fourth-order valence-electron chi connectivity index (χ4n) is 2.64. The SMILES string of the molecule is COc1ccccc1Nc1ncnc2c(OC)c(OC)c(OC)cc12. The minimum Gasteiger partial charge on any atom is -0.495 e. The lowest BCUT2D eigenvalue weighted by atomic mass is 10.1. The van der Waals surface area contributed by atoms with Gasteiger partial charge in [0, 0.05) is 0 Å². The summed E-state index contributed by atoms with van der Waals surface area (Å²) in [5.41, 5.74) is 1.41. The van der Waals surface area contributed by atoms with Crippen molar-refractivity contribution in [3.05, 3.63) is 36.7 Å². The fraction of sp³-hybridized carbons (Fsp3) is 0.222. The third kappa shape index (κ3) is 2.96. The van der Waals surface area contributed by atoms with Crippen LogP contribution in [-0.2, 0) is 0 Å². The summed E-state index contributed by atoms with van der Waals surface area (Å²) in [5.74, 6) is 2.82. The molecule has 1 heterocycles. The lowest BCUT2D eigenvalue weighted by Crippen LogP contribution is -2.01. The van der Waals surface area contributed by atoms with Crippen LogP contribution in [0.5, 0.6) is 23.0 Å². The molecule has 0 amide bonds. The van der Waals surface area contributed by atoms with E-state index >= 15 is 0 Å². The van der Waals surface area contributed by atoms with E-state index in [-0.39, 0.29) is 0 Å². The summed E-state index contributed by atoms with van der Waals surface area (Å²) in [4.78, 5) is 8.69. The predicted molar refractivity (Wildman–Crippen MR) is 95.5 cm³/mol. The van der Waals surface area contributed by atoms with Crippen molar-refractivity contribution in [2.45, 2.75) is 0 Å². The molecule has 0 bridgehead atoms. The molecule has 0 saturated carbocycles. The monoisotopic (exact) mass is 341 g/mol. The standard InChI is InChI=1S/C18H19N3O4/c1-22-13-8-6-5-7-12(13)21-18-11-9-14(23-2)16(24-3)17(25-4)15(11)19-10-20-18/h5-10H,1-4H3,(H,19,20,21). The number of rotatable bonds is 6. The number of hydrogen-bond donors (Lipinski definition) is 1. The molecule has 0 aliphatic carbocycles. The molecule has 3 rings (SSSR count).